The number of rotatable bonds is 5. The number of amides is 1. The number of carbonyl (C=O) groups excluding carboxylic acids is 1. The highest BCUT2D eigenvalue weighted by atomic mass is 16.3. The van der Waals surface area contributed by atoms with Crippen LogP contribution < -0.4 is 11.1 Å². The third-order valence-corrected chi connectivity index (χ3v) is 3.09. The van der Waals surface area contributed by atoms with Gasteiger partial charge >= 0.3 is 0 Å². The van der Waals surface area contributed by atoms with E-state index in [1.54, 1.807) is 12.1 Å². The number of hydrogen-bond acceptors (Lipinski definition) is 3. The third kappa shape index (κ3) is 3.83. The molecular weight excluding hydrogens is 252 g/mol. The molecule has 1 amide bonds. The van der Waals surface area contributed by atoms with Gasteiger partial charge in [0.15, 0.2) is 0 Å². The highest BCUT2D eigenvalue weighted by Gasteiger charge is 2.14. The van der Waals surface area contributed by atoms with Crippen LogP contribution in [0.4, 0.5) is 0 Å². The minimum Gasteiger partial charge on any atom is -0.508 e. The van der Waals surface area contributed by atoms with Gasteiger partial charge in [-0.25, -0.2) is 0 Å². The first kappa shape index (κ1) is 14.1. The smallest absolute Gasteiger partial charge is 0.241 e. The van der Waals surface area contributed by atoms with Crippen molar-refractivity contribution >= 4 is 5.91 Å². The van der Waals surface area contributed by atoms with E-state index in [4.69, 9.17) is 5.73 Å². The molecule has 20 heavy (non-hydrogen) atoms. The number of benzene rings is 2. The molecule has 0 unspecified atom stereocenters. The average molecular weight is 270 g/mol. The van der Waals surface area contributed by atoms with Crippen molar-refractivity contribution in [1.82, 2.24) is 5.32 Å². The molecule has 0 saturated carbocycles. The summed E-state index contributed by atoms with van der Waals surface area (Å²) in [5, 5.41) is 12.0. The molecule has 2 rings (SSSR count). The van der Waals surface area contributed by atoms with E-state index >= 15 is 0 Å². The lowest BCUT2D eigenvalue weighted by molar-refractivity contribution is -0.122. The van der Waals surface area contributed by atoms with Gasteiger partial charge < -0.3 is 16.2 Å². The molecule has 0 saturated heterocycles. The summed E-state index contributed by atoms with van der Waals surface area (Å²) in [5.74, 6) is 0.0545. The fourth-order valence-electron chi connectivity index (χ4n) is 1.91. The topological polar surface area (TPSA) is 75.4 Å². The van der Waals surface area contributed by atoms with Gasteiger partial charge in [0.05, 0.1) is 0 Å². The van der Waals surface area contributed by atoms with Crippen molar-refractivity contribution < 1.29 is 9.90 Å². The van der Waals surface area contributed by atoms with Crippen molar-refractivity contribution in [3.8, 4) is 5.75 Å². The zero-order valence-electron chi connectivity index (χ0n) is 11.1. The molecule has 0 spiro atoms. The quantitative estimate of drug-likeness (QED) is 0.774. The molecule has 0 aliphatic rings. The first-order valence-corrected chi connectivity index (χ1v) is 6.53. The van der Waals surface area contributed by atoms with E-state index in [-0.39, 0.29) is 11.7 Å². The molecule has 4 nitrogen and oxygen atoms in total. The summed E-state index contributed by atoms with van der Waals surface area (Å²) in [6.07, 6.45) is 0.702. The molecule has 0 bridgehead atoms. The van der Waals surface area contributed by atoms with Crippen molar-refractivity contribution in [3.05, 3.63) is 65.7 Å². The maximum absolute atomic E-state index is 11.9. The van der Waals surface area contributed by atoms with Gasteiger partial charge in [0, 0.05) is 6.54 Å². The molecular formula is C16H18N2O2. The Bertz CT molecular complexity index is 552. The molecule has 4 N–H and O–H groups in total. The lowest BCUT2D eigenvalue weighted by atomic mass is 10.1. The summed E-state index contributed by atoms with van der Waals surface area (Å²) >= 11 is 0. The summed E-state index contributed by atoms with van der Waals surface area (Å²) in [7, 11) is 0. The minimum absolute atomic E-state index is 0.185. The first-order chi connectivity index (χ1) is 9.66. The van der Waals surface area contributed by atoms with Crippen LogP contribution in [-0.4, -0.2) is 17.6 Å². The molecule has 104 valence electrons. The molecule has 0 heterocycles. The SMILES string of the molecule is N[C@H](C(=O)NCCc1ccc(O)cc1)c1ccccc1. The van der Waals surface area contributed by atoms with Crippen LogP contribution in [0.5, 0.6) is 5.75 Å². The standard InChI is InChI=1S/C16H18N2O2/c17-15(13-4-2-1-3-5-13)16(20)18-11-10-12-6-8-14(19)9-7-12/h1-9,15,19H,10-11,17H2,(H,18,20)/t15-/m0/s1. The van der Waals surface area contributed by atoms with E-state index in [0.29, 0.717) is 13.0 Å². The Balaban J connectivity index is 1.82. The molecule has 1 atom stereocenters. The zero-order chi connectivity index (χ0) is 14.4. The van der Waals surface area contributed by atoms with Crippen LogP contribution in [0.3, 0.4) is 0 Å². The Morgan fingerprint density at radius 1 is 1.10 bits per heavy atom. The molecule has 0 aromatic heterocycles. The Morgan fingerprint density at radius 3 is 2.40 bits per heavy atom. The van der Waals surface area contributed by atoms with E-state index < -0.39 is 6.04 Å². The number of phenolic OH excluding ortho intramolecular Hbond substituents is 1. The molecule has 0 radical (unpaired) electrons. The van der Waals surface area contributed by atoms with Gasteiger partial charge in [0.25, 0.3) is 0 Å². The second-order valence-corrected chi connectivity index (χ2v) is 4.60. The largest absolute Gasteiger partial charge is 0.508 e. The van der Waals surface area contributed by atoms with Gasteiger partial charge in [-0.3, -0.25) is 4.79 Å². The van der Waals surface area contributed by atoms with Crippen LogP contribution in [-0.2, 0) is 11.2 Å². The maximum atomic E-state index is 11.9. The first-order valence-electron chi connectivity index (χ1n) is 6.53. The van der Waals surface area contributed by atoms with Crippen molar-refractivity contribution in [2.24, 2.45) is 5.73 Å². The Hall–Kier alpha value is -2.33. The monoisotopic (exact) mass is 270 g/mol. The predicted octanol–water partition coefficient (Wildman–Crippen LogP) is 1.75. The van der Waals surface area contributed by atoms with E-state index in [1.807, 2.05) is 42.5 Å². The van der Waals surface area contributed by atoms with Gasteiger partial charge in [-0.05, 0) is 29.7 Å². The van der Waals surface area contributed by atoms with Crippen LogP contribution in [0.1, 0.15) is 17.2 Å². The van der Waals surface area contributed by atoms with E-state index in [9.17, 15) is 9.90 Å². The van der Waals surface area contributed by atoms with E-state index in [1.165, 1.54) is 0 Å². The summed E-state index contributed by atoms with van der Waals surface area (Å²) < 4.78 is 0. The highest BCUT2D eigenvalue weighted by Crippen LogP contribution is 2.11. The fourth-order valence-corrected chi connectivity index (χ4v) is 1.91. The maximum Gasteiger partial charge on any atom is 0.241 e. The summed E-state index contributed by atoms with van der Waals surface area (Å²) in [5.41, 5.74) is 7.75. The van der Waals surface area contributed by atoms with Gasteiger partial charge in [0.2, 0.25) is 5.91 Å². The minimum atomic E-state index is -0.643. The van der Waals surface area contributed by atoms with Crippen molar-refractivity contribution in [1.29, 1.82) is 0 Å². The number of nitrogens with one attached hydrogen (secondary N) is 1. The van der Waals surface area contributed by atoms with Crippen molar-refractivity contribution in [2.75, 3.05) is 6.54 Å². The van der Waals surface area contributed by atoms with Gasteiger partial charge in [0.1, 0.15) is 11.8 Å². The van der Waals surface area contributed by atoms with Crippen LogP contribution in [0.15, 0.2) is 54.6 Å². The number of nitrogens with two attached hydrogens (primary N) is 1. The number of hydrogen-bond donors (Lipinski definition) is 3. The lowest BCUT2D eigenvalue weighted by Gasteiger charge is -2.12. The molecule has 0 fully saturated rings. The second kappa shape index (κ2) is 6.73. The Labute approximate surface area is 118 Å². The Morgan fingerprint density at radius 2 is 1.75 bits per heavy atom. The lowest BCUT2D eigenvalue weighted by Crippen LogP contribution is -2.35. The molecule has 0 aliphatic heterocycles. The van der Waals surface area contributed by atoms with E-state index in [2.05, 4.69) is 5.32 Å². The summed E-state index contributed by atoms with van der Waals surface area (Å²) in [4.78, 5) is 11.9. The molecule has 4 heteroatoms. The fraction of sp³-hybridized carbons (Fsp3) is 0.188. The molecule has 2 aromatic rings. The van der Waals surface area contributed by atoms with Crippen LogP contribution in [0.2, 0.25) is 0 Å². The van der Waals surface area contributed by atoms with Crippen LogP contribution >= 0.6 is 0 Å². The third-order valence-electron chi connectivity index (χ3n) is 3.09. The van der Waals surface area contributed by atoms with Crippen LogP contribution in [0, 0.1) is 0 Å². The van der Waals surface area contributed by atoms with Crippen LogP contribution in [0.25, 0.3) is 0 Å². The predicted molar refractivity (Wildman–Crippen MR) is 78.2 cm³/mol. The van der Waals surface area contributed by atoms with E-state index in [0.717, 1.165) is 11.1 Å². The number of carbonyl (C=O) groups is 1. The van der Waals surface area contributed by atoms with Crippen molar-refractivity contribution in [2.45, 2.75) is 12.5 Å². The van der Waals surface area contributed by atoms with Gasteiger partial charge in [-0.2, -0.15) is 0 Å². The normalized spacial score (nSPS) is 11.8. The second-order valence-electron chi connectivity index (χ2n) is 4.60. The highest BCUT2D eigenvalue weighted by molar-refractivity contribution is 5.82. The number of aromatic hydroxyl groups is 1. The molecule has 2 aromatic carbocycles. The summed E-state index contributed by atoms with van der Waals surface area (Å²) in [6, 6.07) is 15.6. The summed E-state index contributed by atoms with van der Waals surface area (Å²) in [6.45, 7) is 0.518. The number of phenols is 1. The zero-order valence-corrected chi connectivity index (χ0v) is 11.1. The average Bonchev–Trinajstić information content (AvgIpc) is 2.49. The van der Waals surface area contributed by atoms with Gasteiger partial charge in [-0.15, -0.1) is 0 Å². The molecule has 0 aliphatic carbocycles. The Kier molecular flexibility index (Phi) is 4.74. The van der Waals surface area contributed by atoms with Crippen molar-refractivity contribution in [3.63, 3.8) is 0 Å². The van der Waals surface area contributed by atoms with Gasteiger partial charge in [-0.1, -0.05) is 42.5 Å².